The van der Waals surface area contributed by atoms with Crippen LogP contribution in [-0.4, -0.2) is 25.6 Å². The van der Waals surface area contributed by atoms with Gasteiger partial charge in [0.2, 0.25) is 5.91 Å². The summed E-state index contributed by atoms with van der Waals surface area (Å²) in [6.45, 7) is 0.660. The lowest BCUT2D eigenvalue weighted by molar-refractivity contribution is -0.116. The number of para-hydroxylation sites is 1. The average molecular weight is 259 g/mol. The molecule has 0 radical (unpaired) electrons. The summed E-state index contributed by atoms with van der Waals surface area (Å²) in [6.07, 6.45) is 2.79. The van der Waals surface area contributed by atoms with E-state index in [1.54, 1.807) is 18.2 Å². The van der Waals surface area contributed by atoms with E-state index in [2.05, 4.69) is 10.6 Å². The zero-order chi connectivity index (χ0) is 13.7. The Bertz CT molecular complexity index is 504. The number of carbonyl (C=O) groups is 1. The van der Waals surface area contributed by atoms with Gasteiger partial charge in [-0.3, -0.25) is 4.79 Å². The summed E-state index contributed by atoms with van der Waals surface area (Å²) in [6, 6.07) is 7.74. The predicted octanol–water partition coefficient (Wildman–Crippen LogP) is 1.65. The number of hydrogen-bond acceptors (Lipinski definition) is 4. The maximum Gasteiger partial charge on any atom is 0.225 e. The SMILES string of the molecule is COc1cccc(C#N)c1NC(=O)CCNC1CC1. The second-order valence-corrected chi connectivity index (χ2v) is 4.52. The van der Waals surface area contributed by atoms with Gasteiger partial charge in [0.1, 0.15) is 17.5 Å². The Balaban J connectivity index is 1.96. The molecule has 2 N–H and O–H groups in total. The number of benzene rings is 1. The molecular weight excluding hydrogens is 242 g/mol. The molecule has 5 nitrogen and oxygen atoms in total. The van der Waals surface area contributed by atoms with Gasteiger partial charge in [0, 0.05) is 19.0 Å². The van der Waals surface area contributed by atoms with Crippen LogP contribution < -0.4 is 15.4 Å². The Kier molecular flexibility index (Phi) is 4.37. The smallest absolute Gasteiger partial charge is 0.225 e. The van der Waals surface area contributed by atoms with Gasteiger partial charge in [-0.15, -0.1) is 0 Å². The van der Waals surface area contributed by atoms with Crippen molar-refractivity contribution in [2.24, 2.45) is 0 Å². The Hall–Kier alpha value is -2.06. The standard InChI is InChI=1S/C14H17N3O2/c1-19-12-4-2-3-10(9-15)14(12)17-13(18)7-8-16-11-5-6-11/h2-4,11,16H,5-8H2,1H3,(H,17,18). The van der Waals surface area contributed by atoms with Crippen LogP contribution in [0.1, 0.15) is 24.8 Å². The van der Waals surface area contributed by atoms with Crippen LogP contribution in [0.15, 0.2) is 18.2 Å². The molecular formula is C14H17N3O2. The summed E-state index contributed by atoms with van der Waals surface area (Å²) in [7, 11) is 1.51. The number of methoxy groups -OCH3 is 1. The summed E-state index contributed by atoms with van der Waals surface area (Å²) in [4.78, 5) is 11.8. The van der Waals surface area contributed by atoms with E-state index in [1.165, 1.54) is 20.0 Å². The monoisotopic (exact) mass is 259 g/mol. The lowest BCUT2D eigenvalue weighted by Crippen LogP contribution is -2.23. The first-order valence-corrected chi connectivity index (χ1v) is 6.35. The van der Waals surface area contributed by atoms with Gasteiger partial charge < -0.3 is 15.4 Å². The minimum Gasteiger partial charge on any atom is -0.495 e. The molecule has 1 aromatic carbocycles. The van der Waals surface area contributed by atoms with Crippen LogP contribution in [0.5, 0.6) is 5.75 Å². The van der Waals surface area contributed by atoms with E-state index in [4.69, 9.17) is 10.00 Å². The van der Waals surface area contributed by atoms with E-state index in [0.29, 0.717) is 36.0 Å². The Labute approximate surface area is 112 Å². The molecule has 1 fully saturated rings. The van der Waals surface area contributed by atoms with Gasteiger partial charge in [0.15, 0.2) is 0 Å². The minimum absolute atomic E-state index is 0.117. The van der Waals surface area contributed by atoms with E-state index in [1.807, 2.05) is 6.07 Å². The van der Waals surface area contributed by atoms with Crippen LogP contribution in [0.4, 0.5) is 5.69 Å². The molecule has 1 saturated carbocycles. The third-order valence-corrected chi connectivity index (χ3v) is 2.99. The lowest BCUT2D eigenvalue weighted by Gasteiger charge is -2.11. The first-order chi connectivity index (χ1) is 9.24. The van der Waals surface area contributed by atoms with Crippen molar-refractivity contribution in [3.63, 3.8) is 0 Å². The number of anilines is 1. The van der Waals surface area contributed by atoms with Crippen molar-refractivity contribution in [2.75, 3.05) is 19.0 Å². The van der Waals surface area contributed by atoms with Gasteiger partial charge in [0.05, 0.1) is 12.7 Å². The molecule has 0 bridgehead atoms. The van der Waals surface area contributed by atoms with Crippen LogP contribution in [0.3, 0.4) is 0 Å². The van der Waals surface area contributed by atoms with Crippen molar-refractivity contribution >= 4 is 11.6 Å². The number of ether oxygens (including phenoxy) is 1. The molecule has 0 aliphatic heterocycles. The largest absolute Gasteiger partial charge is 0.495 e. The lowest BCUT2D eigenvalue weighted by atomic mass is 10.1. The fraction of sp³-hybridized carbons (Fsp3) is 0.429. The van der Waals surface area contributed by atoms with E-state index in [-0.39, 0.29) is 5.91 Å². The van der Waals surface area contributed by atoms with E-state index in [0.717, 1.165) is 0 Å². The molecule has 0 unspecified atom stereocenters. The second-order valence-electron chi connectivity index (χ2n) is 4.52. The Morgan fingerprint density at radius 3 is 2.95 bits per heavy atom. The molecule has 5 heteroatoms. The van der Waals surface area contributed by atoms with Gasteiger partial charge >= 0.3 is 0 Å². The van der Waals surface area contributed by atoms with Crippen LogP contribution in [0.25, 0.3) is 0 Å². The average Bonchev–Trinajstić information content (AvgIpc) is 3.23. The molecule has 1 aliphatic carbocycles. The minimum atomic E-state index is -0.117. The highest BCUT2D eigenvalue weighted by atomic mass is 16.5. The first kappa shape index (κ1) is 13.4. The molecule has 19 heavy (non-hydrogen) atoms. The zero-order valence-electron chi connectivity index (χ0n) is 10.9. The van der Waals surface area contributed by atoms with Crippen molar-refractivity contribution in [1.82, 2.24) is 5.32 Å². The van der Waals surface area contributed by atoms with Crippen LogP contribution in [0.2, 0.25) is 0 Å². The van der Waals surface area contributed by atoms with Crippen molar-refractivity contribution < 1.29 is 9.53 Å². The van der Waals surface area contributed by atoms with Gasteiger partial charge in [-0.1, -0.05) is 6.07 Å². The first-order valence-electron chi connectivity index (χ1n) is 6.35. The molecule has 0 heterocycles. The number of amides is 1. The molecule has 1 amide bonds. The summed E-state index contributed by atoms with van der Waals surface area (Å²) in [5.74, 6) is 0.386. The third-order valence-electron chi connectivity index (χ3n) is 2.99. The molecule has 1 aromatic rings. The van der Waals surface area contributed by atoms with Crippen molar-refractivity contribution in [3.05, 3.63) is 23.8 Å². The molecule has 0 aromatic heterocycles. The summed E-state index contributed by atoms with van der Waals surface area (Å²) in [5, 5.41) is 15.1. The number of rotatable bonds is 6. The number of nitriles is 1. The molecule has 1 aliphatic rings. The fourth-order valence-electron chi connectivity index (χ4n) is 1.80. The highest BCUT2D eigenvalue weighted by Gasteiger charge is 2.20. The predicted molar refractivity (Wildman–Crippen MR) is 72.0 cm³/mol. The summed E-state index contributed by atoms with van der Waals surface area (Å²) < 4.78 is 5.16. The molecule has 0 saturated heterocycles. The maximum atomic E-state index is 11.8. The van der Waals surface area contributed by atoms with Crippen molar-refractivity contribution in [2.45, 2.75) is 25.3 Å². The van der Waals surface area contributed by atoms with Gasteiger partial charge in [-0.25, -0.2) is 0 Å². The number of hydrogen-bond donors (Lipinski definition) is 2. The summed E-state index contributed by atoms with van der Waals surface area (Å²) in [5.41, 5.74) is 0.853. The van der Waals surface area contributed by atoms with Crippen LogP contribution >= 0.6 is 0 Å². The normalized spacial score (nSPS) is 13.7. The molecule has 100 valence electrons. The van der Waals surface area contributed by atoms with E-state index < -0.39 is 0 Å². The van der Waals surface area contributed by atoms with E-state index in [9.17, 15) is 4.79 Å². The quantitative estimate of drug-likeness (QED) is 0.814. The topological polar surface area (TPSA) is 74.1 Å². The highest BCUT2D eigenvalue weighted by Crippen LogP contribution is 2.27. The van der Waals surface area contributed by atoms with Gasteiger partial charge in [-0.05, 0) is 25.0 Å². The summed E-state index contributed by atoms with van der Waals surface area (Å²) >= 11 is 0. The number of carbonyl (C=O) groups excluding carboxylic acids is 1. The molecule has 0 spiro atoms. The zero-order valence-corrected chi connectivity index (χ0v) is 10.9. The van der Waals surface area contributed by atoms with Crippen molar-refractivity contribution in [3.8, 4) is 11.8 Å². The second kappa shape index (κ2) is 6.21. The molecule has 0 atom stereocenters. The highest BCUT2D eigenvalue weighted by molar-refractivity contribution is 5.94. The van der Waals surface area contributed by atoms with Gasteiger partial charge in [-0.2, -0.15) is 5.26 Å². The molecule has 2 rings (SSSR count). The fourth-order valence-corrected chi connectivity index (χ4v) is 1.80. The van der Waals surface area contributed by atoms with Crippen molar-refractivity contribution in [1.29, 1.82) is 5.26 Å². The third kappa shape index (κ3) is 3.70. The Morgan fingerprint density at radius 2 is 2.32 bits per heavy atom. The van der Waals surface area contributed by atoms with Gasteiger partial charge in [0.25, 0.3) is 0 Å². The Morgan fingerprint density at radius 1 is 1.53 bits per heavy atom. The van der Waals surface area contributed by atoms with Crippen LogP contribution in [-0.2, 0) is 4.79 Å². The maximum absolute atomic E-state index is 11.8. The number of nitrogens with one attached hydrogen (secondary N) is 2. The van der Waals surface area contributed by atoms with E-state index >= 15 is 0 Å². The number of nitrogens with zero attached hydrogens (tertiary/aromatic N) is 1. The van der Waals surface area contributed by atoms with Crippen LogP contribution in [0, 0.1) is 11.3 Å².